The van der Waals surface area contributed by atoms with Gasteiger partial charge in [-0.1, -0.05) is 17.7 Å². The minimum atomic E-state index is -0.491. The molecular weight excluding hydrogens is 422 g/mol. The van der Waals surface area contributed by atoms with Gasteiger partial charge < -0.3 is 14.8 Å². The molecule has 0 aliphatic heterocycles. The number of carbonyl (C=O) groups excluding carboxylic acids is 1. The van der Waals surface area contributed by atoms with E-state index in [2.05, 4.69) is 31.8 Å². The summed E-state index contributed by atoms with van der Waals surface area (Å²) in [7, 11) is 3.12. The van der Waals surface area contributed by atoms with Crippen LogP contribution in [0.1, 0.15) is 12.5 Å². The highest BCUT2D eigenvalue weighted by Gasteiger charge is 2.12. The molecule has 0 saturated carbocycles. The van der Waals surface area contributed by atoms with Crippen molar-refractivity contribution in [2.24, 2.45) is 5.10 Å². The standard InChI is InChI=1S/C18H19BrClN3O3/c1-11(22-14-6-4-5-13(20)8-14)18(24)23-21-10-12-7-15(19)17(26-3)9-16(12)25-2/h4-11,22H,1-3H3,(H,23,24)/b21-10-/t11-/m1/s1. The molecule has 0 aliphatic rings. The summed E-state index contributed by atoms with van der Waals surface area (Å²) in [4.78, 5) is 12.2. The Morgan fingerprint density at radius 3 is 2.62 bits per heavy atom. The number of methoxy groups -OCH3 is 2. The monoisotopic (exact) mass is 439 g/mol. The molecule has 0 radical (unpaired) electrons. The van der Waals surface area contributed by atoms with Crippen LogP contribution in [0.25, 0.3) is 0 Å². The lowest BCUT2D eigenvalue weighted by Crippen LogP contribution is -2.34. The Hall–Kier alpha value is -2.25. The molecule has 0 fully saturated rings. The number of rotatable bonds is 7. The van der Waals surface area contributed by atoms with Crippen LogP contribution in [0.3, 0.4) is 0 Å². The van der Waals surface area contributed by atoms with Crippen molar-refractivity contribution >= 4 is 45.3 Å². The minimum absolute atomic E-state index is 0.284. The normalized spacial score (nSPS) is 11.9. The van der Waals surface area contributed by atoms with Gasteiger partial charge in [-0.3, -0.25) is 4.79 Å². The number of anilines is 1. The quantitative estimate of drug-likeness (QED) is 0.503. The Balaban J connectivity index is 2.01. The molecule has 138 valence electrons. The Morgan fingerprint density at radius 2 is 1.96 bits per heavy atom. The van der Waals surface area contributed by atoms with Crippen LogP contribution in [0, 0.1) is 0 Å². The maximum absolute atomic E-state index is 12.2. The van der Waals surface area contributed by atoms with Gasteiger partial charge in [-0.05, 0) is 47.1 Å². The molecule has 0 bridgehead atoms. The molecule has 0 saturated heterocycles. The molecular formula is C18H19BrClN3O3. The summed E-state index contributed by atoms with van der Waals surface area (Å²) < 4.78 is 11.3. The zero-order valence-electron chi connectivity index (χ0n) is 14.5. The lowest BCUT2D eigenvalue weighted by atomic mass is 10.2. The summed E-state index contributed by atoms with van der Waals surface area (Å²) >= 11 is 9.34. The van der Waals surface area contributed by atoms with Crippen LogP contribution >= 0.6 is 27.5 Å². The molecule has 8 heteroatoms. The third-order valence-corrected chi connectivity index (χ3v) is 4.34. The van der Waals surface area contributed by atoms with Crippen molar-refractivity contribution in [2.45, 2.75) is 13.0 Å². The van der Waals surface area contributed by atoms with Crippen LogP contribution in [0.2, 0.25) is 5.02 Å². The van der Waals surface area contributed by atoms with E-state index in [-0.39, 0.29) is 5.91 Å². The number of carbonyl (C=O) groups is 1. The molecule has 0 unspecified atom stereocenters. The predicted molar refractivity (Wildman–Crippen MR) is 108 cm³/mol. The number of ether oxygens (including phenoxy) is 2. The van der Waals surface area contributed by atoms with E-state index in [1.165, 1.54) is 6.21 Å². The highest BCUT2D eigenvalue weighted by molar-refractivity contribution is 9.10. The Labute approximate surface area is 165 Å². The number of hydrogen-bond donors (Lipinski definition) is 2. The molecule has 1 amide bonds. The van der Waals surface area contributed by atoms with Gasteiger partial charge in [-0.15, -0.1) is 0 Å². The van der Waals surface area contributed by atoms with Gasteiger partial charge in [-0.2, -0.15) is 5.10 Å². The van der Waals surface area contributed by atoms with E-state index in [0.29, 0.717) is 22.1 Å². The Morgan fingerprint density at radius 1 is 1.23 bits per heavy atom. The van der Waals surface area contributed by atoms with Gasteiger partial charge in [-0.25, -0.2) is 5.43 Å². The van der Waals surface area contributed by atoms with E-state index in [1.54, 1.807) is 51.5 Å². The van der Waals surface area contributed by atoms with Crippen molar-refractivity contribution in [3.8, 4) is 11.5 Å². The van der Waals surface area contributed by atoms with Gasteiger partial charge in [0.2, 0.25) is 0 Å². The molecule has 6 nitrogen and oxygen atoms in total. The molecule has 0 aromatic heterocycles. The van der Waals surface area contributed by atoms with Gasteiger partial charge in [0.05, 0.1) is 24.9 Å². The molecule has 1 atom stereocenters. The highest BCUT2D eigenvalue weighted by atomic mass is 79.9. The number of benzene rings is 2. The molecule has 2 aromatic carbocycles. The molecule has 26 heavy (non-hydrogen) atoms. The summed E-state index contributed by atoms with van der Waals surface area (Å²) in [5.41, 5.74) is 3.94. The van der Waals surface area contributed by atoms with Crippen LogP contribution in [0.15, 0.2) is 46.0 Å². The fraction of sp³-hybridized carbons (Fsp3) is 0.222. The summed E-state index contributed by atoms with van der Waals surface area (Å²) in [5, 5.41) is 7.65. The third kappa shape index (κ3) is 5.37. The van der Waals surface area contributed by atoms with Crippen LogP contribution in [0.5, 0.6) is 11.5 Å². The summed E-state index contributed by atoms with van der Waals surface area (Å²) in [6.07, 6.45) is 1.51. The van der Waals surface area contributed by atoms with E-state index in [9.17, 15) is 4.79 Å². The van der Waals surface area contributed by atoms with Crippen molar-refractivity contribution < 1.29 is 14.3 Å². The lowest BCUT2D eigenvalue weighted by molar-refractivity contribution is -0.121. The molecule has 0 aliphatic carbocycles. The first-order valence-corrected chi connectivity index (χ1v) is 8.88. The smallest absolute Gasteiger partial charge is 0.262 e. The van der Waals surface area contributed by atoms with Crippen LogP contribution in [-0.2, 0) is 4.79 Å². The lowest BCUT2D eigenvalue weighted by Gasteiger charge is -2.13. The largest absolute Gasteiger partial charge is 0.496 e. The molecule has 2 rings (SSSR count). The van der Waals surface area contributed by atoms with Gasteiger partial charge in [0.25, 0.3) is 5.91 Å². The number of halogens is 2. The van der Waals surface area contributed by atoms with E-state index in [4.69, 9.17) is 21.1 Å². The third-order valence-electron chi connectivity index (χ3n) is 3.48. The van der Waals surface area contributed by atoms with Crippen molar-refractivity contribution in [2.75, 3.05) is 19.5 Å². The van der Waals surface area contributed by atoms with E-state index < -0.39 is 6.04 Å². The Kier molecular flexibility index (Phi) is 7.29. The zero-order valence-corrected chi connectivity index (χ0v) is 16.9. The van der Waals surface area contributed by atoms with E-state index in [1.807, 2.05) is 6.07 Å². The van der Waals surface area contributed by atoms with E-state index >= 15 is 0 Å². The maximum Gasteiger partial charge on any atom is 0.262 e. The van der Waals surface area contributed by atoms with E-state index in [0.717, 1.165) is 10.2 Å². The molecule has 0 spiro atoms. The van der Waals surface area contributed by atoms with Crippen molar-refractivity contribution in [3.63, 3.8) is 0 Å². The number of amides is 1. The number of hydrazone groups is 1. The second kappa shape index (κ2) is 9.45. The highest BCUT2D eigenvalue weighted by Crippen LogP contribution is 2.31. The molecule has 2 N–H and O–H groups in total. The van der Waals surface area contributed by atoms with Gasteiger partial charge in [0.15, 0.2) is 0 Å². The van der Waals surface area contributed by atoms with Crippen LogP contribution in [0.4, 0.5) is 5.69 Å². The predicted octanol–water partition coefficient (Wildman–Crippen LogP) is 4.07. The molecule has 2 aromatic rings. The fourth-order valence-corrected chi connectivity index (χ4v) is 2.85. The summed E-state index contributed by atoms with van der Waals surface area (Å²) in [6, 6.07) is 10.2. The fourth-order valence-electron chi connectivity index (χ4n) is 2.14. The first kappa shape index (κ1) is 20.1. The SMILES string of the molecule is COc1cc(OC)c(/C=N\NC(=O)[C@@H](C)Nc2cccc(Cl)c2)cc1Br. The number of nitrogens with one attached hydrogen (secondary N) is 2. The minimum Gasteiger partial charge on any atom is -0.496 e. The average Bonchev–Trinajstić information content (AvgIpc) is 2.61. The van der Waals surface area contributed by atoms with Crippen molar-refractivity contribution in [3.05, 3.63) is 51.5 Å². The summed E-state index contributed by atoms with van der Waals surface area (Å²) in [5.74, 6) is 0.934. The number of nitrogens with zero attached hydrogens (tertiary/aromatic N) is 1. The van der Waals surface area contributed by atoms with Crippen LogP contribution < -0.4 is 20.2 Å². The maximum atomic E-state index is 12.2. The van der Waals surface area contributed by atoms with Gasteiger partial charge >= 0.3 is 0 Å². The first-order valence-electron chi connectivity index (χ1n) is 7.71. The van der Waals surface area contributed by atoms with Gasteiger partial charge in [0.1, 0.15) is 17.5 Å². The topological polar surface area (TPSA) is 72.0 Å². The number of hydrogen-bond acceptors (Lipinski definition) is 5. The van der Waals surface area contributed by atoms with Crippen LogP contribution in [-0.4, -0.2) is 32.4 Å². The van der Waals surface area contributed by atoms with Crippen molar-refractivity contribution in [1.29, 1.82) is 0 Å². The average molecular weight is 441 g/mol. The second-order valence-corrected chi connectivity index (χ2v) is 6.63. The van der Waals surface area contributed by atoms with Crippen molar-refractivity contribution in [1.82, 2.24) is 5.43 Å². The molecule has 0 heterocycles. The van der Waals surface area contributed by atoms with Gasteiger partial charge in [0, 0.05) is 22.3 Å². The first-order chi connectivity index (χ1) is 12.4. The second-order valence-electron chi connectivity index (χ2n) is 5.34. The summed E-state index contributed by atoms with van der Waals surface area (Å²) in [6.45, 7) is 1.73. The Bertz CT molecular complexity index is 814. The zero-order chi connectivity index (χ0) is 19.1.